The summed E-state index contributed by atoms with van der Waals surface area (Å²) in [7, 11) is -1.53. The van der Waals surface area contributed by atoms with Crippen LogP contribution in [0.3, 0.4) is 0 Å². The van der Waals surface area contributed by atoms with E-state index >= 15 is 0 Å². The van der Waals surface area contributed by atoms with Crippen molar-refractivity contribution in [3.8, 4) is 0 Å². The smallest absolute Gasteiger partial charge is 0.231 e. The lowest BCUT2D eigenvalue weighted by molar-refractivity contribution is -0.117. The van der Waals surface area contributed by atoms with Crippen LogP contribution in [0.15, 0.2) is 42.5 Å². The molecular weight excluding hydrogens is 374 g/mol. The predicted molar refractivity (Wildman–Crippen MR) is 111 cm³/mol. The van der Waals surface area contributed by atoms with Crippen LogP contribution >= 0.6 is 0 Å². The molecule has 2 aromatic rings. The number of benzene rings is 2. The van der Waals surface area contributed by atoms with Crippen LogP contribution in [0.4, 0.5) is 11.4 Å². The number of aryl methyl sites for hydroxylation is 1. The van der Waals surface area contributed by atoms with E-state index in [-0.39, 0.29) is 11.7 Å². The lowest BCUT2D eigenvalue weighted by Gasteiger charge is -2.35. The zero-order valence-electron chi connectivity index (χ0n) is 16.3. The summed E-state index contributed by atoms with van der Waals surface area (Å²) in [4.78, 5) is 15.8. The van der Waals surface area contributed by atoms with E-state index in [2.05, 4.69) is 11.0 Å². The third kappa shape index (κ3) is 3.64. The van der Waals surface area contributed by atoms with Crippen LogP contribution in [0.1, 0.15) is 16.7 Å². The van der Waals surface area contributed by atoms with Gasteiger partial charge in [-0.25, -0.2) is 8.42 Å². The summed E-state index contributed by atoms with van der Waals surface area (Å²) >= 11 is 0. The molecule has 1 amide bonds. The second-order valence-electron chi connectivity index (χ2n) is 7.57. The molecule has 1 saturated heterocycles. The summed E-state index contributed by atoms with van der Waals surface area (Å²) in [5.41, 5.74) is 4.96. The summed E-state index contributed by atoms with van der Waals surface area (Å²) in [6.07, 6.45) is 0.435. The maximum Gasteiger partial charge on any atom is 0.231 e. The average Bonchev–Trinajstić information content (AvgIpc) is 2.95. The molecule has 2 aliphatic heterocycles. The largest absolute Gasteiger partial charge is 0.369 e. The van der Waals surface area contributed by atoms with Crippen molar-refractivity contribution in [3.63, 3.8) is 0 Å². The first-order chi connectivity index (χ1) is 13.3. The minimum Gasteiger partial charge on any atom is -0.369 e. The highest BCUT2D eigenvalue weighted by molar-refractivity contribution is 7.88. The standard InChI is InChI=1S/C21H25N3O3S/c1-16-4-3-5-17(12-16)15-28(26,27)24-10-8-23(9-11-24)19-6-7-20-18(13-19)14-21(25)22(20)2/h3-7,12-13H,8-11,14-15H2,1-2H3. The maximum atomic E-state index is 12.8. The van der Waals surface area contributed by atoms with Gasteiger partial charge >= 0.3 is 0 Å². The quantitative estimate of drug-likeness (QED) is 0.791. The molecule has 0 aromatic heterocycles. The van der Waals surface area contributed by atoms with Gasteiger partial charge < -0.3 is 9.80 Å². The number of carbonyl (C=O) groups is 1. The van der Waals surface area contributed by atoms with E-state index in [1.54, 1.807) is 16.3 Å². The van der Waals surface area contributed by atoms with Crippen LogP contribution in [0.5, 0.6) is 0 Å². The number of likely N-dealkylation sites (N-methyl/N-ethyl adjacent to an activating group) is 1. The van der Waals surface area contributed by atoms with Crippen molar-refractivity contribution in [1.29, 1.82) is 0 Å². The van der Waals surface area contributed by atoms with E-state index in [1.165, 1.54) is 0 Å². The van der Waals surface area contributed by atoms with Crippen molar-refractivity contribution in [2.75, 3.05) is 43.0 Å². The summed E-state index contributed by atoms with van der Waals surface area (Å²) in [5, 5.41) is 0. The van der Waals surface area contributed by atoms with Crippen LogP contribution in [0, 0.1) is 6.92 Å². The predicted octanol–water partition coefficient (Wildman–Crippen LogP) is 2.17. The molecular formula is C21H25N3O3S. The van der Waals surface area contributed by atoms with Gasteiger partial charge in [0.1, 0.15) is 0 Å². The Kier molecular flexibility index (Phi) is 4.89. The van der Waals surface area contributed by atoms with Gasteiger partial charge in [-0.3, -0.25) is 4.79 Å². The van der Waals surface area contributed by atoms with Gasteiger partial charge in [-0.05, 0) is 36.2 Å². The zero-order valence-corrected chi connectivity index (χ0v) is 17.1. The second-order valence-corrected chi connectivity index (χ2v) is 9.54. The lowest BCUT2D eigenvalue weighted by Crippen LogP contribution is -2.49. The number of anilines is 2. The van der Waals surface area contributed by atoms with E-state index in [1.807, 2.05) is 43.3 Å². The van der Waals surface area contributed by atoms with Crippen molar-refractivity contribution in [1.82, 2.24) is 4.31 Å². The molecule has 0 aliphatic carbocycles. The number of fused-ring (bicyclic) bond motifs is 1. The molecule has 0 radical (unpaired) electrons. The Bertz CT molecular complexity index is 1010. The van der Waals surface area contributed by atoms with Crippen molar-refractivity contribution in [2.24, 2.45) is 0 Å². The number of hydrogen-bond acceptors (Lipinski definition) is 4. The Labute approximate surface area is 166 Å². The molecule has 2 heterocycles. The second kappa shape index (κ2) is 7.22. The first kappa shape index (κ1) is 19.0. The Morgan fingerprint density at radius 2 is 1.75 bits per heavy atom. The Balaban J connectivity index is 1.42. The Morgan fingerprint density at radius 3 is 2.46 bits per heavy atom. The molecule has 148 valence electrons. The van der Waals surface area contributed by atoms with Crippen LogP contribution in [0.2, 0.25) is 0 Å². The van der Waals surface area contributed by atoms with Crippen LogP contribution in [0.25, 0.3) is 0 Å². The van der Waals surface area contributed by atoms with Crippen LogP contribution in [-0.4, -0.2) is 51.9 Å². The van der Waals surface area contributed by atoms with E-state index in [0.29, 0.717) is 32.6 Å². The molecule has 28 heavy (non-hydrogen) atoms. The first-order valence-corrected chi connectivity index (χ1v) is 11.1. The Hall–Kier alpha value is -2.38. The number of hydrogen-bond donors (Lipinski definition) is 0. The molecule has 1 fully saturated rings. The minimum atomic E-state index is -3.33. The fourth-order valence-electron chi connectivity index (χ4n) is 3.98. The van der Waals surface area contributed by atoms with Gasteiger partial charge in [-0.15, -0.1) is 0 Å². The van der Waals surface area contributed by atoms with E-state index in [4.69, 9.17) is 0 Å². The number of rotatable bonds is 4. The molecule has 0 atom stereocenters. The molecule has 6 nitrogen and oxygen atoms in total. The van der Waals surface area contributed by atoms with Gasteiger partial charge in [-0.2, -0.15) is 4.31 Å². The summed E-state index contributed by atoms with van der Waals surface area (Å²) in [6.45, 7) is 4.22. The first-order valence-electron chi connectivity index (χ1n) is 9.51. The van der Waals surface area contributed by atoms with E-state index < -0.39 is 10.0 Å². The van der Waals surface area contributed by atoms with Crippen molar-refractivity contribution < 1.29 is 13.2 Å². The molecule has 0 bridgehead atoms. The summed E-state index contributed by atoms with van der Waals surface area (Å²) < 4.78 is 27.2. The number of carbonyl (C=O) groups excluding carboxylic acids is 1. The van der Waals surface area contributed by atoms with E-state index in [9.17, 15) is 13.2 Å². The molecule has 7 heteroatoms. The van der Waals surface area contributed by atoms with Gasteiger partial charge in [-0.1, -0.05) is 29.8 Å². The molecule has 0 saturated carbocycles. The highest BCUT2D eigenvalue weighted by Crippen LogP contribution is 2.31. The molecule has 2 aromatic carbocycles. The van der Waals surface area contributed by atoms with Crippen LogP contribution < -0.4 is 9.80 Å². The van der Waals surface area contributed by atoms with Gasteiger partial charge in [0, 0.05) is 44.6 Å². The van der Waals surface area contributed by atoms with Crippen LogP contribution in [-0.2, 0) is 27.0 Å². The molecule has 0 N–H and O–H groups in total. The van der Waals surface area contributed by atoms with Gasteiger partial charge in [0.25, 0.3) is 0 Å². The summed E-state index contributed by atoms with van der Waals surface area (Å²) in [6, 6.07) is 13.7. The van der Waals surface area contributed by atoms with Gasteiger partial charge in [0.05, 0.1) is 12.2 Å². The number of amides is 1. The topological polar surface area (TPSA) is 60.9 Å². The van der Waals surface area contributed by atoms with E-state index in [0.717, 1.165) is 28.1 Å². The fourth-order valence-corrected chi connectivity index (χ4v) is 5.48. The average molecular weight is 400 g/mol. The normalized spacial score (nSPS) is 17.9. The van der Waals surface area contributed by atoms with Gasteiger partial charge in [0.15, 0.2) is 0 Å². The maximum absolute atomic E-state index is 12.8. The molecule has 4 rings (SSSR count). The summed E-state index contributed by atoms with van der Waals surface area (Å²) in [5.74, 6) is 0.154. The molecule has 0 unspecified atom stereocenters. The third-order valence-electron chi connectivity index (χ3n) is 5.57. The number of nitrogens with zero attached hydrogens (tertiary/aromatic N) is 3. The Morgan fingerprint density at radius 1 is 1.00 bits per heavy atom. The van der Waals surface area contributed by atoms with Crippen molar-refractivity contribution in [2.45, 2.75) is 19.1 Å². The molecule has 2 aliphatic rings. The third-order valence-corrected chi connectivity index (χ3v) is 7.42. The molecule has 0 spiro atoms. The zero-order chi connectivity index (χ0) is 19.9. The highest BCUT2D eigenvalue weighted by atomic mass is 32.2. The van der Waals surface area contributed by atoms with Crippen molar-refractivity contribution >= 4 is 27.3 Å². The SMILES string of the molecule is Cc1cccc(CS(=O)(=O)N2CCN(c3ccc4c(c3)CC(=O)N4C)CC2)c1. The van der Waals surface area contributed by atoms with Gasteiger partial charge in [0.2, 0.25) is 15.9 Å². The minimum absolute atomic E-state index is 0.0436. The number of sulfonamides is 1. The monoisotopic (exact) mass is 399 g/mol. The lowest BCUT2D eigenvalue weighted by atomic mass is 10.1. The highest BCUT2D eigenvalue weighted by Gasteiger charge is 2.29. The number of piperazine rings is 1. The fraction of sp³-hybridized carbons (Fsp3) is 0.381. The van der Waals surface area contributed by atoms with Crippen molar-refractivity contribution in [3.05, 3.63) is 59.2 Å².